The van der Waals surface area contributed by atoms with Gasteiger partial charge in [0.25, 0.3) is 5.91 Å². The molecule has 0 aliphatic carbocycles. The molecule has 2 aliphatic rings. The molecule has 0 saturated carbocycles. The van der Waals surface area contributed by atoms with Gasteiger partial charge >= 0.3 is 0 Å². The summed E-state index contributed by atoms with van der Waals surface area (Å²) in [5, 5.41) is 11.3. The Morgan fingerprint density at radius 3 is 1.95 bits per heavy atom. The summed E-state index contributed by atoms with van der Waals surface area (Å²) in [5.41, 5.74) is 0.968. The Balaban J connectivity index is 1.27. The molecule has 1 amide bonds. The number of likely N-dealkylation sites (tertiary alicyclic amines) is 1. The van der Waals surface area contributed by atoms with E-state index < -0.39 is 29.2 Å². The van der Waals surface area contributed by atoms with Crippen molar-refractivity contribution in [1.29, 1.82) is 0 Å². The fourth-order valence-corrected chi connectivity index (χ4v) is 6.24. The van der Waals surface area contributed by atoms with Crippen LogP contribution in [0.4, 0.5) is 13.2 Å². The zero-order valence-corrected chi connectivity index (χ0v) is 23.5. The molecular weight excluding hydrogens is 551 g/mol. The number of nitrogens with zero attached hydrogens (tertiary/aromatic N) is 3. The zero-order valence-electron chi connectivity index (χ0n) is 23.5. The number of aliphatic hydroxyl groups is 1. The number of hydrogen-bond donors (Lipinski definition) is 1. The molecule has 1 fully saturated rings. The van der Waals surface area contributed by atoms with Crippen LogP contribution in [0.2, 0.25) is 0 Å². The molecule has 5 nitrogen and oxygen atoms in total. The third-order valence-corrected chi connectivity index (χ3v) is 8.41. The van der Waals surface area contributed by atoms with E-state index >= 15 is 0 Å². The number of carbonyl (C=O) groups excluding carboxylic acids is 1. The highest BCUT2D eigenvalue weighted by atomic mass is 19.1. The molecule has 8 heteroatoms. The van der Waals surface area contributed by atoms with Crippen molar-refractivity contribution in [2.24, 2.45) is 4.99 Å². The highest BCUT2D eigenvalue weighted by Gasteiger charge is 2.51. The average molecular weight is 584 g/mol. The maximum absolute atomic E-state index is 14.5. The Bertz CT molecular complexity index is 1560. The zero-order chi connectivity index (χ0) is 30.0. The second-order valence-electron chi connectivity index (χ2n) is 11.2. The van der Waals surface area contributed by atoms with Crippen LogP contribution < -0.4 is 0 Å². The van der Waals surface area contributed by atoms with Gasteiger partial charge in [-0.2, -0.15) is 0 Å². The molecule has 1 N–H and O–H groups in total. The molecule has 1 saturated heterocycles. The van der Waals surface area contributed by atoms with E-state index in [0.717, 1.165) is 31.5 Å². The van der Waals surface area contributed by atoms with Gasteiger partial charge < -0.3 is 10.0 Å². The van der Waals surface area contributed by atoms with Gasteiger partial charge in [0.2, 0.25) is 0 Å². The predicted molar refractivity (Wildman–Crippen MR) is 159 cm³/mol. The largest absolute Gasteiger partial charge is 0.390 e. The number of carbonyl (C=O) groups is 1. The van der Waals surface area contributed by atoms with E-state index in [9.17, 15) is 23.1 Å². The highest BCUT2D eigenvalue weighted by Crippen LogP contribution is 2.41. The molecular formula is C35H32F3N3O2. The molecule has 220 valence electrons. The van der Waals surface area contributed by atoms with Crippen LogP contribution in [0.3, 0.4) is 0 Å². The minimum absolute atomic E-state index is 0.0134. The molecule has 4 aromatic carbocycles. The van der Waals surface area contributed by atoms with Crippen LogP contribution in [-0.2, 0) is 10.3 Å². The van der Waals surface area contributed by atoms with E-state index in [1.165, 1.54) is 59.5 Å². The third-order valence-electron chi connectivity index (χ3n) is 8.41. The average Bonchev–Trinajstić information content (AvgIpc) is 3.31. The lowest BCUT2D eigenvalue weighted by molar-refractivity contribution is -0.131. The summed E-state index contributed by atoms with van der Waals surface area (Å²) in [4.78, 5) is 23.2. The summed E-state index contributed by atoms with van der Waals surface area (Å²) in [7, 11) is 0. The van der Waals surface area contributed by atoms with E-state index in [1.54, 1.807) is 12.1 Å². The molecule has 0 bridgehead atoms. The van der Waals surface area contributed by atoms with Crippen molar-refractivity contribution in [3.63, 3.8) is 0 Å². The van der Waals surface area contributed by atoms with Gasteiger partial charge in [0, 0.05) is 12.1 Å². The van der Waals surface area contributed by atoms with Crippen LogP contribution in [0.25, 0.3) is 0 Å². The first-order valence-corrected chi connectivity index (χ1v) is 14.5. The van der Waals surface area contributed by atoms with Crippen LogP contribution >= 0.6 is 0 Å². The van der Waals surface area contributed by atoms with Crippen molar-refractivity contribution in [2.45, 2.75) is 30.4 Å². The number of amidine groups is 1. The molecule has 4 aromatic rings. The topological polar surface area (TPSA) is 56.1 Å². The lowest BCUT2D eigenvalue weighted by Gasteiger charge is -2.34. The van der Waals surface area contributed by atoms with Gasteiger partial charge in [0.05, 0.1) is 12.6 Å². The predicted octanol–water partition coefficient (Wildman–Crippen LogP) is 5.88. The standard InChI is InChI=1S/C35H32F3N3O2/c36-29-13-9-27(10-14-29)35(28-11-15-30(37)16-12-28)34(43)41(33(39-35)25-5-2-1-3-6-25)23-32(42)22-40-19-17-24(18-20-40)26-7-4-8-31(38)21-26/h1-16,21,24,32,42H,17-20,22-23H2. The van der Waals surface area contributed by atoms with Crippen LogP contribution in [0, 0.1) is 17.5 Å². The Labute approximate surface area is 248 Å². The van der Waals surface area contributed by atoms with Crippen LogP contribution in [0.5, 0.6) is 0 Å². The van der Waals surface area contributed by atoms with Gasteiger partial charge in [-0.1, -0.05) is 66.7 Å². The number of rotatable bonds is 8. The van der Waals surface area contributed by atoms with E-state index in [4.69, 9.17) is 4.99 Å². The summed E-state index contributed by atoms with van der Waals surface area (Å²) >= 11 is 0. The Morgan fingerprint density at radius 2 is 1.37 bits per heavy atom. The molecule has 0 radical (unpaired) electrons. The Hall–Kier alpha value is -4.27. The van der Waals surface area contributed by atoms with Crippen molar-refractivity contribution in [2.75, 3.05) is 26.2 Å². The van der Waals surface area contributed by atoms with E-state index in [2.05, 4.69) is 4.90 Å². The van der Waals surface area contributed by atoms with Crippen molar-refractivity contribution < 1.29 is 23.1 Å². The number of aliphatic imine (C=N–C) groups is 1. The first-order valence-electron chi connectivity index (χ1n) is 14.5. The fourth-order valence-electron chi connectivity index (χ4n) is 6.24. The van der Waals surface area contributed by atoms with Gasteiger partial charge in [0.1, 0.15) is 23.3 Å². The monoisotopic (exact) mass is 583 g/mol. The normalized spacial score (nSPS) is 18.1. The molecule has 6 rings (SSSR count). The molecule has 1 unspecified atom stereocenters. The molecule has 2 heterocycles. The quantitative estimate of drug-likeness (QED) is 0.282. The van der Waals surface area contributed by atoms with Crippen LogP contribution in [-0.4, -0.2) is 58.9 Å². The highest BCUT2D eigenvalue weighted by molar-refractivity contribution is 6.16. The number of β-amino-alcohol motifs (C(OH)–C–C–N with tert-alkyl or cyclic N) is 1. The first kappa shape index (κ1) is 28.8. The molecule has 2 aliphatic heterocycles. The maximum Gasteiger partial charge on any atom is 0.265 e. The molecule has 43 heavy (non-hydrogen) atoms. The number of hydrogen-bond acceptors (Lipinski definition) is 4. The smallest absolute Gasteiger partial charge is 0.265 e. The number of halogens is 3. The summed E-state index contributed by atoms with van der Waals surface area (Å²) < 4.78 is 41.7. The van der Waals surface area contributed by atoms with Crippen molar-refractivity contribution in [3.8, 4) is 0 Å². The van der Waals surface area contributed by atoms with Gasteiger partial charge in [-0.15, -0.1) is 0 Å². The maximum atomic E-state index is 14.5. The van der Waals surface area contributed by atoms with Gasteiger partial charge in [-0.25, -0.2) is 18.2 Å². The Kier molecular flexibility index (Phi) is 8.15. The van der Waals surface area contributed by atoms with Crippen molar-refractivity contribution in [1.82, 2.24) is 9.80 Å². The fraction of sp³-hybridized carbons (Fsp3) is 0.257. The summed E-state index contributed by atoms with van der Waals surface area (Å²) in [6.07, 6.45) is 0.794. The first-order chi connectivity index (χ1) is 20.8. The van der Waals surface area contributed by atoms with Gasteiger partial charge in [-0.05, 0) is 84.9 Å². The number of benzene rings is 4. The van der Waals surface area contributed by atoms with Crippen LogP contribution in [0.1, 0.15) is 41.0 Å². The number of aliphatic hydroxyl groups excluding tert-OH is 1. The third kappa shape index (κ3) is 5.85. The van der Waals surface area contributed by atoms with Crippen molar-refractivity contribution in [3.05, 3.63) is 143 Å². The van der Waals surface area contributed by atoms with E-state index in [0.29, 0.717) is 29.1 Å². The second kappa shape index (κ2) is 12.1. The van der Waals surface area contributed by atoms with E-state index in [-0.39, 0.29) is 18.3 Å². The number of piperidine rings is 1. The lowest BCUT2D eigenvalue weighted by Crippen LogP contribution is -2.48. The number of amides is 1. The minimum Gasteiger partial charge on any atom is -0.390 e. The lowest BCUT2D eigenvalue weighted by atomic mass is 9.82. The second-order valence-corrected chi connectivity index (χ2v) is 11.2. The summed E-state index contributed by atoms with van der Waals surface area (Å²) in [6, 6.07) is 27.1. The molecule has 0 spiro atoms. The molecule has 0 aromatic heterocycles. The van der Waals surface area contributed by atoms with Crippen molar-refractivity contribution >= 4 is 11.7 Å². The SMILES string of the molecule is O=C1N(CC(O)CN2CCC(c3cccc(F)c3)CC2)C(c2ccccc2)=NC1(c1ccc(F)cc1)c1ccc(F)cc1. The van der Waals surface area contributed by atoms with E-state index in [1.807, 2.05) is 36.4 Å². The Morgan fingerprint density at radius 1 is 0.767 bits per heavy atom. The summed E-state index contributed by atoms with van der Waals surface area (Å²) in [5.74, 6) is -0.920. The molecule has 1 atom stereocenters. The minimum atomic E-state index is -1.59. The summed E-state index contributed by atoms with van der Waals surface area (Å²) in [6.45, 7) is 1.81. The van der Waals surface area contributed by atoms with Gasteiger partial charge in [0.15, 0.2) is 5.54 Å². The van der Waals surface area contributed by atoms with Crippen LogP contribution in [0.15, 0.2) is 108 Å². The van der Waals surface area contributed by atoms with Gasteiger partial charge in [-0.3, -0.25) is 9.69 Å².